The molecule has 0 unspecified atom stereocenters. The first-order valence-electron chi connectivity index (χ1n) is 13.5. The summed E-state index contributed by atoms with van der Waals surface area (Å²) in [7, 11) is 0. The van der Waals surface area contributed by atoms with E-state index >= 15 is 0 Å². The topological polar surface area (TPSA) is 115 Å². The first-order valence-corrected chi connectivity index (χ1v) is 14.3. The number of Topliss-reactive ketones (excluding diaryl/α,β-unsaturated/α-hetero) is 1. The van der Waals surface area contributed by atoms with Crippen LogP contribution < -0.4 is 5.73 Å². The van der Waals surface area contributed by atoms with Crippen molar-refractivity contribution in [3.63, 3.8) is 0 Å². The number of pyridine rings is 1. The van der Waals surface area contributed by atoms with Crippen LogP contribution >= 0.6 is 23.2 Å². The second-order valence-electron chi connectivity index (χ2n) is 11.3. The van der Waals surface area contributed by atoms with Crippen molar-refractivity contribution in [2.75, 3.05) is 19.7 Å². The lowest BCUT2D eigenvalue weighted by atomic mass is 9.64. The van der Waals surface area contributed by atoms with Crippen LogP contribution in [0.3, 0.4) is 0 Å². The summed E-state index contributed by atoms with van der Waals surface area (Å²) in [5, 5.41) is -0.0736. The van der Waals surface area contributed by atoms with Gasteiger partial charge in [0.2, 0.25) is 0 Å². The molecule has 2 saturated carbocycles. The number of aliphatic imine (C=N–C) groups is 1. The van der Waals surface area contributed by atoms with Gasteiger partial charge >= 0.3 is 12.1 Å². The summed E-state index contributed by atoms with van der Waals surface area (Å²) in [5.41, 5.74) is 3.33. The molecule has 41 heavy (non-hydrogen) atoms. The number of ketones is 1. The molecule has 0 aromatic carbocycles. The van der Waals surface area contributed by atoms with Crippen LogP contribution in [0, 0.1) is 17.3 Å². The fourth-order valence-electron chi connectivity index (χ4n) is 5.69. The molecule has 13 heteroatoms. The molecule has 2 N–H and O–H groups in total. The Morgan fingerprint density at radius 1 is 1.15 bits per heavy atom. The zero-order valence-electron chi connectivity index (χ0n) is 23.3. The molecule has 1 heterocycles. The van der Waals surface area contributed by atoms with E-state index in [9.17, 15) is 27.6 Å². The number of nitrogens with zero attached hydrogens (tertiary/aromatic N) is 3. The van der Waals surface area contributed by atoms with Crippen LogP contribution in [0.1, 0.15) is 69.7 Å². The molecular formula is C28H35Cl2F3N4O4. The molecule has 1 amide bonds. The van der Waals surface area contributed by atoms with Crippen LogP contribution in [0.2, 0.25) is 10.0 Å². The monoisotopic (exact) mass is 618 g/mol. The number of ether oxygens (including phenoxy) is 1. The van der Waals surface area contributed by atoms with Crippen LogP contribution in [-0.4, -0.2) is 65.2 Å². The summed E-state index contributed by atoms with van der Waals surface area (Å²) in [4.78, 5) is 47.7. The quantitative estimate of drug-likeness (QED) is 0.153. The number of hydrogen-bond acceptors (Lipinski definition) is 7. The standard InChI is InChI=1S/C28H35Cl2F3N4O4/c1-4-41-26(40)17-5-7-18(8-6-17)36-24(28(31,32)33)19(11-34)25(39)37(14-16-9-27(2,3)10-16)15-22(38)23-20(29)12-35-13-21(23)30/h11-13,16-18H,4-10,14-15,34H2,1-3H3. The Hall–Kier alpha value is -2.66. The van der Waals surface area contributed by atoms with Gasteiger partial charge in [-0.1, -0.05) is 37.0 Å². The largest absolute Gasteiger partial charge is 0.466 e. The number of alkyl halides is 3. The van der Waals surface area contributed by atoms with E-state index in [4.69, 9.17) is 33.7 Å². The highest BCUT2D eigenvalue weighted by Crippen LogP contribution is 2.45. The minimum absolute atomic E-state index is 0.0198. The van der Waals surface area contributed by atoms with E-state index in [0.717, 1.165) is 17.7 Å². The normalized spacial score (nSPS) is 21.7. The summed E-state index contributed by atoms with van der Waals surface area (Å²) in [6.45, 7) is 5.48. The number of aromatic nitrogens is 1. The fraction of sp³-hybridized carbons (Fsp3) is 0.607. The van der Waals surface area contributed by atoms with Gasteiger partial charge in [-0.3, -0.25) is 24.4 Å². The van der Waals surface area contributed by atoms with Crippen molar-refractivity contribution < 1.29 is 32.3 Å². The molecule has 3 rings (SSSR count). The van der Waals surface area contributed by atoms with E-state index in [1.165, 1.54) is 12.4 Å². The van der Waals surface area contributed by atoms with Gasteiger partial charge in [-0.05, 0) is 56.8 Å². The molecule has 0 saturated heterocycles. The number of rotatable bonds is 10. The molecule has 2 aliphatic carbocycles. The predicted octanol–water partition coefficient (Wildman–Crippen LogP) is 5.80. The molecule has 0 spiro atoms. The maximum Gasteiger partial charge on any atom is 0.433 e. The van der Waals surface area contributed by atoms with Crippen molar-refractivity contribution in [1.29, 1.82) is 0 Å². The van der Waals surface area contributed by atoms with E-state index in [1.807, 2.05) is 13.8 Å². The molecule has 0 atom stereocenters. The number of esters is 1. The lowest BCUT2D eigenvalue weighted by Crippen LogP contribution is -2.47. The number of hydrogen-bond donors (Lipinski definition) is 1. The molecule has 0 bridgehead atoms. The number of nitrogens with two attached hydrogens (primary N) is 1. The summed E-state index contributed by atoms with van der Waals surface area (Å²) in [6, 6.07) is -0.767. The van der Waals surface area contributed by atoms with Gasteiger partial charge in [-0.25, -0.2) is 0 Å². The van der Waals surface area contributed by atoms with E-state index in [1.54, 1.807) is 6.92 Å². The number of halogens is 5. The Morgan fingerprint density at radius 3 is 2.22 bits per heavy atom. The maximum absolute atomic E-state index is 14.3. The number of amides is 1. The summed E-state index contributed by atoms with van der Waals surface area (Å²) < 4.78 is 48.0. The summed E-state index contributed by atoms with van der Waals surface area (Å²) in [6.07, 6.45) is 0.563. The summed E-state index contributed by atoms with van der Waals surface area (Å²) >= 11 is 12.3. The Kier molecular flexibility index (Phi) is 10.9. The Morgan fingerprint density at radius 2 is 1.73 bits per heavy atom. The SMILES string of the molecule is CCOC(=O)C1CCC(N=C(C(=CN)C(=O)N(CC(=O)c2c(Cl)cncc2Cl)CC2CC(C)(C)C2)C(F)(F)F)CC1. The number of carbonyl (C=O) groups excluding carboxylic acids is 3. The van der Waals surface area contributed by atoms with Crippen molar-refractivity contribution in [3.05, 3.63) is 39.8 Å². The lowest BCUT2D eigenvalue weighted by Gasteiger charge is -2.44. The zero-order chi connectivity index (χ0) is 30.5. The average Bonchev–Trinajstić information content (AvgIpc) is 2.86. The first kappa shape index (κ1) is 32.8. The van der Waals surface area contributed by atoms with Crippen molar-refractivity contribution in [1.82, 2.24) is 9.88 Å². The highest BCUT2D eigenvalue weighted by molar-refractivity contribution is 6.39. The van der Waals surface area contributed by atoms with Crippen LogP contribution in [-0.2, 0) is 14.3 Å². The molecule has 0 radical (unpaired) electrons. The minimum Gasteiger partial charge on any atom is -0.466 e. The highest BCUT2D eigenvalue weighted by Gasteiger charge is 2.44. The van der Waals surface area contributed by atoms with E-state index in [0.29, 0.717) is 19.0 Å². The summed E-state index contributed by atoms with van der Waals surface area (Å²) in [5.74, 6) is -2.51. The van der Waals surface area contributed by atoms with Gasteiger partial charge in [-0.2, -0.15) is 13.2 Å². The molecule has 1 aromatic rings. The Bertz CT molecular complexity index is 1180. The van der Waals surface area contributed by atoms with Gasteiger partial charge in [-0.15, -0.1) is 0 Å². The third kappa shape index (κ3) is 8.44. The van der Waals surface area contributed by atoms with Crippen molar-refractivity contribution in [3.8, 4) is 0 Å². The molecule has 8 nitrogen and oxygen atoms in total. The second kappa shape index (κ2) is 13.5. The van der Waals surface area contributed by atoms with Gasteiger partial charge in [0.25, 0.3) is 5.91 Å². The second-order valence-corrected chi connectivity index (χ2v) is 12.2. The fourth-order valence-corrected chi connectivity index (χ4v) is 6.27. The molecule has 2 aliphatic rings. The molecule has 1 aromatic heterocycles. The van der Waals surface area contributed by atoms with Crippen LogP contribution in [0.15, 0.2) is 29.2 Å². The number of carbonyl (C=O) groups is 3. The Balaban J connectivity index is 1.88. The van der Waals surface area contributed by atoms with Crippen LogP contribution in [0.25, 0.3) is 0 Å². The highest BCUT2D eigenvalue weighted by atomic mass is 35.5. The van der Waals surface area contributed by atoms with Gasteiger partial charge in [0, 0.05) is 25.1 Å². The predicted molar refractivity (Wildman–Crippen MR) is 150 cm³/mol. The van der Waals surface area contributed by atoms with Gasteiger partial charge in [0.1, 0.15) is 0 Å². The van der Waals surface area contributed by atoms with Gasteiger partial charge in [0.05, 0.1) is 46.3 Å². The van der Waals surface area contributed by atoms with Gasteiger partial charge < -0.3 is 15.4 Å². The molecule has 226 valence electrons. The van der Waals surface area contributed by atoms with Crippen molar-refractivity contribution in [2.24, 2.45) is 28.0 Å². The Labute approximate surface area is 247 Å². The van der Waals surface area contributed by atoms with Crippen LogP contribution in [0.4, 0.5) is 13.2 Å². The smallest absolute Gasteiger partial charge is 0.433 e. The van der Waals surface area contributed by atoms with E-state index < -0.39 is 47.7 Å². The minimum atomic E-state index is -5.00. The maximum atomic E-state index is 14.3. The van der Waals surface area contributed by atoms with Gasteiger partial charge in [0.15, 0.2) is 11.5 Å². The molecule has 0 aliphatic heterocycles. The molecular weight excluding hydrogens is 584 g/mol. The first-order chi connectivity index (χ1) is 19.2. The lowest BCUT2D eigenvalue weighted by molar-refractivity contribution is -0.149. The zero-order valence-corrected chi connectivity index (χ0v) is 24.8. The van der Waals surface area contributed by atoms with E-state index in [2.05, 4.69) is 9.98 Å². The van der Waals surface area contributed by atoms with Crippen LogP contribution in [0.5, 0.6) is 0 Å². The van der Waals surface area contributed by atoms with Crippen molar-refractivity contribution in [2.45, 2.75) is 71.5 Å². The van der Waals surface area contributed by atoms with Crippen molar-refractivity contribution >= 4 is 46.6 Å². The average molecular weight is 620 g/mol. The third-order valence-electron chi connectivity index (χ3n) is 7.46. The molecule has 2 fully saturated rings. The van der Waals surface area contributed by atoms with E-state index in [-0.39, 0.29) is 58.9 Å². The third-order valence-corrected chi connectivity index (χ3v) is 8.04.